The maximum Gasteiger partial charge on any atom is 0.118 e. The number of thiol groups is 1. The van der Waals surface area contributed by atoms with Gasteiger partial charge in [-0.3, -0.25) is 0 Å². The average molecular weight is 620 g/mol. The molecule has 2 aromatic rings. The van der Waals surface area contributed by atoms with Crippen molar-refractivity contribution in [3.8, 4) is 5.75 Å². The Morgan fingerprint density at radius 3 is 1.61 bits per heavy atom. The lowest BCUT2D eigenvalue weighted by atomic mass is 10.0. The lowest BCUT2D eigenvalue weighted by Gasteiger charge is -2.06. The van der Waals surface area contributed by atoms with Crippen molar-refractivity contribution >= 4 is 24.2 Å². The zero-order valence-corrected chi connectivity index (χ0v) is 31.1. The van der Waals surface area contributed by atoms with Crippen LogP contribution in [-0.4, -0.2) is 38.1 Å². The predicted molar refractivity (Wildman–Crippen MR) is 193 cm³/mol. The van der Waals surface area contributed by atoms with E-state index in [-0.39, 0.29) is 0 Å². The van der Waals surface area contributed by atoms with Gasteiger partial charge in [0.25, 0.3) is 0 Å². The van der Waals surface area contributed by atoms with Crippen LogP contribution in [0.3, 0.4) is 0 Å². The Balaban J connectivity index is -0.0000000974. The summed E-state index contributed by atoms with van der Waals surface area (Å²) in [4.78, 5) is 0.880. The van der Waals surface area contributed by atoms with Gasteiger partial charge in [-0.15, -0.1) is 12.6 Å². The van der Waals surface area contributed by atoms with Gasteiger partial charge in [-0.05, 0) is 73.2 Å². The van der Waals surface area contributed by atoms with Crippen molar-refractivity contribution < 1.29 is 14.6 Å². The van der Waals surface area contributed by atoms with Crippen LogP contribution < -0.4 is 5.73 Å². The van der Waals surface area contributed by atoms with E-state index in [1.165, 1.54) is 24.0 Å². The van der Waals surface area contributed by atoms with Gasteiger partial charge in [0.05, 0.1) is 19.8 Å². The van der Waals surface area contributed by atoms with Gasteiger partial charge in [0.2, 0.25) is 0 Å². The predicted octanol–water partition coefficient (Wildman–Crippen LogP) is 11.4. The number of hydrogen-bond donors (Lipinski definition) is 3. The van der Waals surface area contributed by atoms with Crippen molar-refractivity contribution in [1.29, 1.82) is 0 Å². The van der Waals surface area contributed by atoms with E-state index in [2.05, 4.69) is 45.5 Å². The van der Waals surface area contributed by atoms with Crippen LogP contribution in [0.5, 0.6) is 5.75 Å². The minimum Gasteiger partial charge on any atom is -0.508 e. The molecule has 0 amide bonds. The maximum atomic E-state index is 9.01. The molecule has 0 saturated carbocycles. The summed E-state index contributed by atoms with van der Waals surface area (Å²) in [5.74, 6) is 0.327. The van der Waals surface area contributed by atoms with Crippen LogP contribution in [0.4, 0.5) is 0 Å². The van der Waals surface area contributed by atoms with Gasteiger partial charge < -0.3 is 20.3 Å². The summed E-state index contributed by atoms with van der Waals surface area (Å²) < 4.78 is 10.2. The molecule has 0 unspecified atom stereocenters. The van der Waals surface area contributed by atoms with Crippen molar-refractivity contribution in [2.24, 2.45) is 5.73 Å². The minimum absolute atomic E-state index is 0.327. The molecule has 2 rings (SSSR count). The lowest BCUT2D eigenvalue weighted by Crippen LogP contribution is -2.12. The van der Waals surface area contributed by atoms with Crippen molar-refractivity contribution in [3.63, 3.8) is 0 Å². The molecular weight excluding hydrogens is 550 g/mol. The molecule has 0 spiro atoms. The van der Waals surface area contributed by atoms with Crippen molar-refractivity contribution in [3.05, 3.63) is 58.1 Å². The fourth-order valence-corrected chi connectivity index (χ4v) is 3.09. The van der Waals surface area contributed by atoms with E-state index < -0.39 is 0 Å². The highest BCUT2D eigenvalue weighted by molar-refractivity contribution is 7.80. The monoisotopic (exact) mass is 619 g/mol. The number of rotatable bonds is 10. The summed E-state index contributed by atoms with van der Waals surface area (Å²) in [5, 5.41) is 9.86. The van der Waals surface area contributed by atoms with Crippen LogP contribution in [0.15, 0.2) is 41.3 Å². The second-order valence-corrected chi connectivity index (χ2v) is 7.95. The van der Waals surface area contributed by atoms with Gasteiger partial charge in [0.15, 0.2) is 0 Å². The number of nitrogens with two attached hydrogens (primary N) is 1. The van der Waals surface area contributed by atoms with E-state index >= 15 is 0 Å². The smallest absolute Gasteiger partial charge is 0.118 e. The molecule has 0 aliphatic heterocycles. The second-order valence-electron chi connectivity index (χ2n) is 7.00. The summed E-state index contributed by atoms with van der Waals surface area (Å²) in [6.45, 7) is 31.7. The van der Waals surface area contributed by atoms with Crippen LogP contribution in [0.1, 0.15) is 120 Å². The Labute approximate surface area is 268 Å². The van der Waals surface area contributed by atoms with E-state index in [1.807, 2.05) is 88.3 Å². The Morgan fingerprint density at radius 2 is 1.22 bits per heavy atom. The molecule has 0 fully saturated rings. The lowest BCUT2D eigenvalue weighted by molar-refractivity contribution is 0.0510. The topological polar surface area (TPSA) is 64.7 Å². The Hall–Kier alpha value is -1.24. The normalized spacial score (nSPS) is 8.32. The van der Waals surface area contributed by atoms with Crippen molar-refractivity contribution in [2.75, 3.05) is 33.0 Å². The SMILES string of the molecule is CC.CC.CC.CC.CC.CCCOCCOCCN.CCCc1ccc(Cl)cc1CC.Cc1cc(S)ccc1O. The second kappa shape index (κ2) is 48.5. The molecule has 0 aromatic heterocycles. The number of aromatic hydroxyl groups is 1. The summed E-state index contributed by atoms with van der Waals surface area (Å²) in [7, 11) is 0. The van der Waals surface area contributed by atoms with E-state index in [1.54, 1.807) is 12.1 Å². The quantitative estimate of drug-likeness (QED) is 0.183. The third-order valence-corrected chi connectivity index (χ3v) is 4.74. The molecule has 0 heterocycles. The van der Waals surface area contributed by atoms with E-state index in [0.717, 1.165) is 34.9 Å². The molecule has 0 aliphatic rings. The van der Waals surface area contributed by atoms with Gasteiger partial charge in [0, 0.05) is 23.1 Å². The molecule has 0 atom stereocenters. The zero-order chi connectivity index (χ0) is 33.5. The largest absolute Gasteiger partial charge is 0.508 e. The molecule has 2 aromatic carbocycles. The van der Waals surface area contributed by atoms with Gasteiger partial charge >= 0.3 is 0 Å². The summed E-state index contributed by atoms with van der Waals surface area (Å²) in [6.07, 6.45) is 4.52. The highest BCUT2D eigenvalue weighted by Crippen LogP contribution is 2.19. The van der Waals surface area contributed by atoms with Crippen LogP contribution >= 0.6 is 24.2 Å². The number of phenols is 1. The molecule has 0 aliphatic carbocycles. The first-order valence-electron chi connectivity index (χ1n) is 16.0. The standard InChI is InChI=1S/C11H15Cl.C7H17NO2.C7H8OS.5C2H6/c1-3-5-10-6-7-11(12)8-9(10)4-2;1-2-4-9-6-7-10-5-3-8;1-5-4-6(9)2-3-7(5)8;5*1-2/h6-8H,3-5H2,1-2H3;2-8H2,1H3;2-4,8-9H,1H3;5*1-2H3. The number of hydrogen-bond acceptors (Lipinski definition) is 5. The Morgan fingerprint density at radius 1 is 0.707 bits per heavy atom. The number of aryl methyl sites for hydroxylation is 3. The minimum atomic E-state index is 0.327. The summed E-state index contributed by atoms with van der Waals surface area (Å²) >= 11 is 9.99. The van der Waals surface area contributed by atoms with Gasteiger partial charge in [-0.2, -0.15) is 0 Å². The number of ether oxygens (including phenoxy) is 2. The van der Waals surface area contributed by atoms with Crippen LogP contribution in [0.25, 0.3) is 0 Å². The van der Waals surface area contributed by atoms with Gasteiger partial charge in [-0.1, -0.05) is 114 Å². The number of benzene rings is 2. The Kier molecular flexibility index (Phi) is 62.0. The van der Waals surface area contributed by atoms with E-state index in [9.17, 15) is 0 Å². The molecule has 3 N–H and O–H groups in total. The first-order chi connectivity index (χ1) is 19.9. The zero-order valence-electron chi connectivity index (χ0n) is 29.5. The summed E-state index contributed by atoms with van der Waals surface area (Å²) in [5.41, 5.74) is 8.91. The fourth-order valence-electron chi connectivity index (χ4n) is 2.63. The molecule has 0 saturated heterocycles. The maximum absolute atomic E-state index is 9.01. The molecule has 4 nitrogen and oxygen atoms in total. The Bertz CT molecular complexity index is 708. The molecule has 246 valence electrons. The van der Waals surface area contributed by atoms with Crippen molar-refractivity contribution in [1.82, 2.24) is 0 Å². The first-order valence-corrected chi connectivity index (χ1v) is 16.8. The van der Waals surface area contributed by atoms with E-state index in [4.69, 9.17) is 31.9 Å². The van der Waals surface area contributed by atoms with Crippen molar-refractivity contribution in [2.45, 2.75) is 128 Å². The highest BCUT2D eigenvalue weighted by Gasteiger charge is 1.99. The van der Waals surface area contributed by atoms with Crippen LogP contribution in [-0.2, 0) is 22.3 Å². The van der Waals surface area contributed by atoms with Crippen LogP contribution in [0, 0.1) is 6.92 Å². The van der Waals surface area contributed by atoms with Gasteiger partial charge in [0.1, 0.15) is 5.75 Å². The van der Waals surface area contributed by atoms with E-state index in [0.29, 0.717) is 32.1 Å². The molecule has 0 radical (unpaired) electrons. The molecule has 6 heteroatoms. The number of phenolic OH excluding ortho intramolecular Hbond substituents is 1. The third kappa shape index (κ3) is 38.8. The summed E-state index contributed by atoms with van der Waals surface area (Å²) in [6, 6.07) is 11.4. The number of halogens is 1. The fraction of sp³-hybridized carbons (Fsp3) is 0.657. The van der Waals surface area contributed by atoms with Crippen LogP contribution in [0.2, 0.25) is 5.02 Å². The molecule has 0 bridgehead atoms. The molecular formula is C35H70ClNO3S. The highest BCUT2D eigenvalue weighted by atomic mass is 35.5. The first kappa shape index (κ1) is 52.4. The third-order valence-electron chi connectivity index (χ3n) is 4.23. The average Bonchev–Trinajstić information content (AvgIpc) is 3.03. The van der Waals surface area contributed by atoms with Gasteiger partial charge in [-0.25, -0.2) is 0 Å². The molecule has 41 heavy (non-hydrogen) atoms.